The van der Waals surface area contributed by atoms with Crippen LogP contribution in [0.5, 0.6) is 0 Å². The number of carboxylic acids is 1. The lowest BCUT2D eigenvalue weighted by Crippen LogP contribution is -2.43. The normalized spacial score (nSPS) is 14.4. The zero-order valence-corrected chi connectivity index (χ0v) is 19.5. The lowest BCUT2D eigenvalue weighted by Gasteiger charge is -2.18. The maximum absolute atomic E-state index is 13.9. The molecule has 0 bridgehead atoms. The van der Waals surface area contributed by atoms with E-state index >= 15 is 0 Å². The van der Waals surface area contributed by atoms with Gasteiger partial charge in [0.25, 0.3) is 0 Å². The van der Waals surface area contributed by atoms with Crippen LogP contribution in [0.4, 0.5) is 4.39 Å². The van der Waals surface area contributed by atoms with Gasteiger partial charge in [0.15, 0.2) is 0 Å². The number of aryl methyl sites for hydroxylation is 1. The third kappa shape index (κ3) is 4.38. The summed E-state index contributed by atoms with van der Waals surface area (Å²) in [6.45, 7) is 6.61. The van der Waals surface area contributed by atoms with Crippen molar-refractivity contribution in [3.8, 4) is 23.1 Å². The summed E-state index contributed by atoms with van der Waals surface area (Å²) in [6.07, 6.45) is -1.72. The predicted octanol–water partition coefficient (Wildman–Crippen LogP) is 4.76. The second-order valence-corrected chi connectivity index (χ2v) is 9.41. The predicted molar refractivity (Wildman–Crippen MR) is 125 cm³/mol. The van der Waals surface area contributed by atoms with Crippen LogP contribution >= 0.6 is 8.03 Å². The van der Waals surface area contributed by atoms with E-state index in [-0.39, 0.29) is 11.7 Å². The molecule has 8 heteroatoms. The van der Waals surface area contributed by atoms with Crippen molar-refractivity contribution < 1.29 is 28.9 Å². The number of benzene rings is 2. The number of hydrogen-bond acceptors (Lipinski definition) is 4. The van der Waals surface area contributed by atoms with E-state index in [1.54, 1.807) is 19.1 Å². The SMILES string of the molecule is Cc1cc(-c2nc3ccccc3c(C(C)C)c2C#CC(C(=O)O)(C(C)O)[P+](=O)O)ccc1F. The molecule has 0 fully saturated rings. The van der Waals surface area contributed by atoms with Gasteiger partial charge < -0.3 is 10.2 Å². The molecule has 1 aromatic heterocycles. The number of pyridine rings is 1. The van der Waals surface area contributed by atoms with Gasteiger partial charge in [-0.3, -0.25) is 0 Å². The fourth-order valence-electron chi connectivity index (χ4n) is 3.75. The van der Waals surface area contributed by atoms with Crippen LogP contribution in [0.15, 0.2) is 42.5 Å². The largest absolute Gasteiger partial charge is 0.540 e. The van der Waals surface area contributed by atoms with Gasteiger partial charge in [-0.05, 0) is 65.6 Å². The topological polar surface area (TPSA) is 108 Å². The van der Waals surface area contributed by atoms with Crippen LogP contribution in [0.3, 0.4) is 0 Å². The van der Waals surface area contributed by atoms with Gasteiger partial charge in [0.05, 0.1) is 16.8 Å². The number of aliphatic hydroxyl groups is 1. The molecule has 3 N–H and O–H groups in total. The van der Waals surface area contributed by atoms with Crippen molar-refractivity contribution in [2.45, 2.75) is 44.9 Å². The third-order valence-corrected chi connectivity index (χ3v) is 6.83. The van der Waals surface area contributed by atoms with Gasteiger partial charge in [-0.2, -0.15) is 4.89 Å². The highest BCUT2D eigenvalue weighted by molar-refractivity contribution is 7.42. The van der Waals surface area contributed by atoms with Gasteiger partial charge in [0.1, 0.15) is 11.9 Å². The molecule has 2 aromatic carbocycles. The number of carboxylic acid groups (broad SMARTS) is 1. The Bertz CT molecular complexity index is 1310. The number of halogens is 1. The summed E-state index contributed by atoms with van der Waals surface area (Å²) in [4.78, 5) is 26.4. The van der Waals surface area contributed by atoms with E-state index < -0.39 is 25.3 Å². The summed E-state index contributed by atoms with van der Waals surface area (Å²) in [6, 6.07) is 11.9. The second-order valence-electron chi connectivity index (χ2n) is 8.16. The minimum absolute atomic E-state index is 0.0730. The maximum atomic E-state index is 13.9. The van der Waals surface area contributed by atoms with Crippen LogP contribution in [-0.4, -0.2) is 37.3 Å². The van der Waals surface area contributed by atoms with E-state index in [2.05, 4.69) is 11.8 Å². The van der Waals surface area contributed by atoms with Crippen LogP contribution in [0.25, 0.3) is 22.2 Å². The van der Waals surface area contributed by atoms with Crippen LogP contribution < -0.4 is 0 Å². The van der Waals surface area contributed by atoms with E-state index in [1.165, 1.54) is 6.07 Å². The molecule has 170 valence electrons. The summed E-state index contributed by atoms with van der Waals surface area (Å²) < 4.78 is 26.0. The maximum Gasteiger partial charge on any atom is 0.540 e. The minimum atomic E-state index is -3.40. The van der Waals surface area contributed by atoms with Crippen LogP contribution in [0.2, 0.25) is 0 Å². The molecule has 1 heterocycles. The van der Waals surface area contributed by atoms with Crippen LogP contribution in [0, 0.1) is 24.6 Å². The Kier molecular flexibility index (Phi) is 6.94. The number of aromatic nitrogens is 1. The molecule has 3 aromatic rings. The minimum Gasteiger partial charge on any atom is -0.477 e. The molecule has 0 amide bonds. The molecule has 0 spiro atoms. The van der Waals surface area contributed by atoms with Gasteiger partial charge in [0.2, 0.25) is 0 Å². The first-order chi connectivity index (χ1) is 15.5. The number of carbonyl (C=O) groups is 1. The molecular weight excluding hydrogens is 444 g/mol. The molecule has 0 radical (unpaired) electrons. The van der Waals surface area contributed by atoms with Gasteiger partial charge >= 0.3 is 19.2 Å². The Morgan fingerprint density at radius 1 is 1.18 bits per heavy atom. The first kappa shape index (κ1) is 24.5. The lowest BCUT2D eigenvalue weighted by atomic mass is 9.89. The molecule has 0 saturated carbocycles. The lowest BCUT2D eigenvalue weighted by molar-refractivity contribution is -0.141. The highest BCUT2D eigenvalue weighted by atomic mass is 31.1. The second kappa shape index (κ2) is 9.36. The fourth-order valence-corrected chi connectivity index (χ4v) is 4.38. The summed E-state index contributed by atoms with van der Waals surface area (Å²) in [7, 11) is -3.40. The molecule has 33 heavy (non-hydrogen) atoms. The average molecular weight is 468 g/mol. The van der Waals surface area contributed by atoms with Crippen molar-refractivity contribution in [2.75, 3.05) is 0 Å². The number of hydrogen-bond donors (Lipinski definition) is 3. The van der Waals surface area contributed by atoms with Crippen molar-refractivity contribution in [1.82, 2.24) is 4.98 Å². The number of rotatable bonds is 5. The molecule has 0 aliphatic heterocycles. The molecule has 0 aliphatic rings. The Labute approximate surface area is 192 Å². The first-order valence-electron chi connectivity index (χ1n) is 10.3. The zero-order valence-electron chi connectivity index (χ0n) is 18.6. The number of nitrogens with zero attached hydrogens (tertiary/aromatic N) is 1. The number of fused-ring (bicyclic) bond motifs is 1. The highest BCUT2D eigenvalue weighted by Crippen LogP contribution is 2.40. The standard InChI is InChI=1S/C25H23FNO5P/c1-14(2)22-18-7-5-6-8-21(18)27-23(17-9-10-20(26)15(3)13-17)19(22)11-12-25(16(4)28,24(29)30)33(31)32/h5-10,13-14,16,28H,1-4H3,(H-,29,30,31,32)/p+1. The molecule has 3 unspecified atom stereocenters. The smallest absolute Gasteiger partial charge is 0.477 e. The number of aliphatic carboxylic acids is 1. The van der Waals surface area contributed by atoms with Gasteiger partial charge in [-0.15, -0.1) is 0 Å². The van der Waals surface area contributed by atoms with E-state index in [0.29, 0.717) is 27.9 Å². The highest BCUT2D eigenvalue weighted by Gasteiger charge is 2.60. The van der Waals surface area contributed by atoms with Gasteiger partial charge in [-0.25, -0.2) is 14.2 Å². The molecule has 3 atom stereocenters. The van der Waals surface area contributed by atoms with Crippen molar-refractivity contribution >= 4 is 24.9 Å². The zero-order chi connectivity index (χ0) is 24.5. The van der Waals surface area contributed by atoms with Crippen LogP contribution in [-0.2, 0) is 9.36 Å². The molecule has 3 rings (SSSR count). The van der Waals surface area contributed by atoms with E-state index in [1.807, 2.05) is 38.1 Å². The summed E-state index contributed by atoms with van der Waals surface area (Å²) in [5.74, 6) is 3.02. The third-order valence-electron chi connectivity index (χ3n) is 5.55. The van der Waals surface area contributed by atoms with Crippen molar-refractivity contribution in [2.24, 2.45) is 0 Å². The first-order valence-corrected chi connectivity index (χ1v) is 11.5. The van der Waals surface area contributed by atoms with Crippen molar-refractivity contribution in [1.29, 1.82) is 0 Å². The van der Waals surface area contributed by atoms with E-state index in [9.17, 15) is 28.9 Å². The van der Waals surface area contributed by atoms with Gasteiger partial charge in [0, 0.05) is 10.9 Å². The molecular formula is C25H24FNO5P+. The van der Waals surface area contributed by atoms with Gasteiger partial charge in [-0.1, -0.05) is 38.0 Å². The van der Waals surface area contributed by atoms with Crippen molar-refractivity contribution in [3.63, 3.8) is 0 Å². The fraction of sp³-hybridized carbons (Fsp3) is 0.280. The average Bonchev–Trinajstić information content (AvgIpc) is 2.74. The van der Waals surface area contributed by atoms with Crippen LogP contribution in [0.1, 0.15) is 43.4 Å². The number of para-hydroxylation sites is 1. The Morgan fingerprint density at radius 2 is 1.85 bits per heavy atom. The van der Waals surface area contributed by atoms with E-state index in [4.69, 9.17) is 4.98 Å². The Morgan fingerprint density at radius 3 is 2.39 bits per heavy atom. The number of aliphatic hydroxyl groups excluding tert-OH is 1. The molecule has 0 saturated heterocycles. The summed E-state index contributed by atoms with van der Waals surface area (Å²) in [5, 5.41) is 18.0. The monoisotopic (exact) mass is 468 g/mol. The van der Waals surface area contributed by atoms with E-state index in [0.717, 1.165) is 17.9 Å². The summed E-state index contributed by atoms with van der Waals surface area (Å²) in [5.41, 5.74) is 3.16. The molecule has 6 nitrogen and oxygen atoms in total. The molecule has 0 aliphatic carbocycles. The quantitative estimate of drug-likeness (QED) is 0.368. The van der Waals surface area contributed by atoms with Crippen molar-refractivity contribution in [3.05, 3.63) is 65.0 Å². The summed E-state index contributed by atoms with van der Waals surface area (Å²) >= 11 is 0. The Balaban J connectivity index is 2.47. The Hall–Kier alpha value is -3.17.